The third-order valence-electron chi connectivity index (χ3n) is 6.13. The quantitative estimate of drug-likeness (QED) is 0.0727. The van der Waals surface area contributed by atoms with Crippen molar-refractivity contribution in [2.24, 2.45) is 11.8 Å². The lowest BCUT2D eigenvalue weighted by Crippen LogP contribution is -2.14. The molecule has 2 aromatic rings. The lowest BCUT2D eigenvalue weighted by Gasteiger charge is -2.09. The minimum atomic E-state index is -0.736. The molecule has 0 radical (unpaired) electrons. The molecule has 2 aromatic carbocycles. The normalized spacial score (nSPS) is 12.7. The molecule has 15 heteroatoms. The zero-order chi connectivity index (χ0) is 32.3. The van der Waals surface area contributed by atoms with Crippen LogP contribution < -0.4 is 0 Å². The highest BCUT2D eigenvalue weighted by atomic mass is 35.5. The van der Waals surface area contributed by atoms with Gasteiger partial charge in [-0.1, -0.05) is 50.9 Å². The van der Waals surface area contributed by atoms with Gasteiger partial charge in [0.05, 0.1) is 21.0 Å². The molecule has 0 saturated heterocycles. The Kier molecular flexibility index (Phi) is 16.2. The second kappa shape index (κ2) is 17.8. The zero-order valence-electron chi connectivity index (χ0n) is 22.9. The highest BCUT2D eigenvalue weighted by Gasteiger charge is 2.27. The van der Waals surface area contributed by atoms with Crippen molar-refractivity contribution in [2.75, 3.05) is 0 Å². The molecule has 2 rings (SSSR count). The Morgan fingerprint density at radius 2 is 1.09 bits per heavy atom. The van der Waals surface area contributed by atoms with Crippen molar-refractivity contribution in [3.63, 3.8) is 0 Å². The summed E-state index contributed by atoms with van der Waals surface area (Å²) in [6.45, 7) is 6.76. The predicted molar refractivity (Wildman–Crippen MR) is 164 cm³/mol. The van der Waals surface area contributed by atoms with Crippen molar-refractivity contribution < 1.29 is 29.6 Å². The van der Waals surface area contributed by atoms with E-state index in [1.165, 1.54) is 24.3 Å². The number of Topliss-reactive ketones (excluding diaryl/α,β-unsaturated/α-hetero) is 2. The van der Waals surface area contributed by atoms with Gasteiger partial charge in [-0.3, -0.25) is 29.8 Å². The number of nitro benzene ring substituents is 2. The van der Waals surface area contributed by atoms with Gasteiger partial charge in [0.1, 0.15) is 23.3 Å². The zero-order valence-corrected chi connectivity index (χ0v) is 24.4. The van der Waals surface area contributed by atoms with E-state index in [2.05, 4.69) is 0 Å². The molecule has 2 atom stereocenters. The van der Waals surface area contributed by atoms with Crippen molar-refractivity contribution in [1.82, 2.24) is 0 Å². The topological polar surface area (TPSA) is 208 Å². The molecule has 0 heterocycles. The fourth-order valence-corrected chi connectivity index (χ4v) is 3.63. The van der Waals surface area contributed by atoms with E-state index in [1.54, 1.807) is 39.8 Å². The first kappa shape index (κ1) is 39.0. The number of ketones is 2. The molecule has 2 N–H and O–H groups in total. The second-order valence-electron chi connectivity index (χ2n) is 8.86. The van der Waals surface area contributed by atoms with Crippen LogP contribution in [0.1, 0.15) is 51.7 Å². The summed E-state index contributed by atoms with van der Waals surface area (Å²) in [5, 5.41) is 60.6. The Bertz CT molecular complexity index is 1450. The lowest BCUT2D eigenvalue weighted by atomic mass is 9.95. The fourth-order valence-electron chi connectivity index (χ4n) is 3.29. The smallest absolute Gasteiger partial charge is 0.316 e. The third kappa shape index (κ3) is 10.0. The summed E-state index contributed by atoms with van der Waals surface area (Å²) in [7, 11) is 0. The minimum Gasteiger partial charge on any atom is -0.506 e. The highest BCUT2D eigenvalue weighted by molar-refractivity contribution is 6.31. The highest BCUT2D eigenvalue weighted by Crippen LogP contribution is 2.31. The van der Waals surface area contributed by atoms with E-state index in [1.807, 2.05) is 0 Å². The van der Waals surface area contributed by atoms with Crippen LogP contribution in [-0.4, -0.2) is 54.7 Å². The number of nitrogens with zero attached hydrogens (tertiary/aromatic N) is 4. The first-order valence-corrected chi connectivity index (χ1v) is 13.1. The number of carbonyl (C=O) groups excluding carboxylic acids is 2. The summed E-state index contributed by atoms with van der Waals surface area (Å²) >= 11 is 11.4. The van der Waals surface area contributed by atoms with Crippen LogP contribution in [-0.2, 0) is 9.59 Å². The van der Waals surface area contributed by atoms with Gasteiger partial charge >= 0.3 is 23.1 Å². The van der Waals surface area contributed by atoms with Gasteiger partial charge in [-0.2, -0.15) is 10.5 Å². The van der Waals surface area contributed by atoms with Crippen molar-refractivity contribution in [1.29, 1.82) is 10.5 Å². The first-order chi connectivity index (χ1) is 19.7. The molecule has 0 spiro atoms. The van der Waals surface area contributed by atoms with Crippen molar-refractivity contribution in [2.45, 2.75) is 40.5 Å². The standard InChI is InChI=1S/2C14H13ClN2O4.Mg.2H/c2*1-3-8(2)13(18)11(7-16)14(19)10-5-4-9(15)6-12(10)17(20)21;;;/h2*4-6,8,19H,3H2,1-2H3;;;. The van der Waals surface area contributed by atoms with Gasteiger partial charge in [-0.15, -0.1) is 0 Å². The molecular formula is C28H28Cl2MgN4O8. The maximum Gasteiger partial charge on any atom is 0.316 e. The van der Waals surface area contributed by atoms with Crippen molar-refractivity contribution in [3.8, 4) is 12.1 Å². The fraction of sp³-hybridized carbons (Fsp3) is 0.286. The molecule has 0 saturated carbocycles. The monoisotopic (exact) mass is 642 g/mol. The number of halogens is 2. The van der Waals surface area contributed by atoms with Crippen LogP contribution in [0.15, 0.2) is 47.5 Å². The Balaban J connectivity index is 0.000000802. The van der Waals surface area contributed by atoms with Crippen LogP contribution in [0.3, 0.4) is 0 Å². The molecule has 0 aliphatic heterocycles. The molecule has 2 unspecified atom stereocenters. The number of carbonyl (C=O) groups is 2. The average Bonchev–Trinajstić information content (AvgIpc) is 2.96. The van der Waals surface area contributed by atoms with E-state index >= 15 is 0 Å². The van der Waals surface area contributed by atoms with E-state index in [4.69, 9.17) is 33.7 Å². The van der Waals surface area contributed by atoms with E-state index in [0.717, 1.165) is 12.1 Å². The summed E-state index contributed by atoms with van der Waals surface area (Å²) in [6.07, 6.45) is 0.972. The van der Waals surface area contributed by atoms with Crippen LogP contribution in [0.2, 0.25) is 10.0 Å². The van der Waals surface area contributed by atoms with Crippen LogP contribution in [0.4, 0.5) is 11.4 Å². The Hall–Kier alpha value is -4.01. The number of rotatable bonds is 10. The van der Waals surface area contributed by atoms with Gasteiger partial charge in [0, 0.05) is 34.0 Å². The van der Waals surface area contributed by atoms with Crippen LogP contribution in [0.25, 0.3) is 11.5 Å². The Morgan fingerprint density at radius 3 is 1.33 bits per heavy atom. The number of allylic oxidation sites excluding steroid dienone is 2. The van der Waals surface area contributed by atoms with Gasteiger partial charge in [-0.25, -0.2) is 0 Å². The number of nitro groups is 2. The average molecular weight is 644 g/mol. The largest absolute Gasteiger partial charge is 0.506 e. The maximum absolute atomic E-state index is 12.0. The van der Waals surface area contributed by atoms with Crippen LogP contribution >= 0.6 is 23.2 Å². The molecule has 0 aliphatic carbocycles. The molecule has 0 aliphatic rings. The summed E-state index contributed by atoms with van der Waals surface area (Å²) in [5.41, 5.74) is -2.34. The Labute approximate surface area is 273 Å². The SMILES string of the molecule is CCC(C)C(=O)C(C#N)=C(O)c1ccc(Cl)cc1[N+](=O)[O-].CCC(C)C(=O)C(C#N)=C(O)c1ccc(Cl)cc1[N+](=O)[O-].[MgH2]. The summed E-state index contributed by atoms with van der Waals surface area (Å²) in [5.74, 6) is -3.44. The maximum atomic E-state index is 12.0. The van der Waals surface area contributed by atoms with Gasteiger partial charge in [0.25, 0.3) is 11.4 Å². The molecule has 0 aromatic heterocycles. The van der Waals surface area contributed by atoms with Crippen LogP contribution in [0.5, 0.6) is 0 Å². The minimum absolute atomic E-state index is 0. The summed E-state index contributed by atoms with van der Waals surface area (Å²) in [6, 6.07) is 10.4. The van der Waals surface area contributed by atoms with Gasteiger partial charge in [0.2, 0.25) is 0 Å². The number of nitriles is 2. The van der Waals surface area contributed by atoms with E-state index in [0.29, 0.717) is 12.8 Å². The molecule has 0 bridgehead atoms. The molecule has 0 fully saturated rings. The van der Waals surface area contributed by atoms with E-state index in [9.17, 15) is 40.0 Å². The van der Waals surface area contributed by atoms with Gasteiger partial charge < -0.3 is 10.2 Å². The summed E-state index contributed by atoms with van der Waals surface area (Å²) in [4.78, 5) is 44.6. The third-order valence-corrected chi connectivity index (χ3v) is 6.60. The molecule has 224 valence electrons. The Morgan fingerprint density at radius 1 is 0.791 bits per heavy atom. The number of aliphatic hydroxyl groups excluding tert-OH is 2. The van der Waals surface area contributed by atoms with Crippen molar-refractivity contribution in [3.05, 3.63) is 88.9 Å². The molecule has 0 amide bonds. The van der Waals surface area contributed by atoms with Crippen molar-refractivity contribution >= 4 is 80.7 Å². The summed E-state index contributed by atoms with van der Waals surface area (Å²) < 4.78 is 0. The number of aliphatic hydroxyl groups is 2. The van der Waals surface area contributed by atoms with E-state index < -0.39 is 67.3 Å². The second-order valence-corrected chi connectivity index (χ2v) is 9.73. The predicted octanol–water partition coefficient (Wildman–Crippen LogP) is 6.40. The number of hydrogen-bond acceptors (Lipinski definition) is 10. The first-order valence-electron chi connectivity index (χ1n) is 12.3. The van der Waals surface area contributed by atoms with Gasteiger partial charge in [0.15, 0.2) is 23.1 Å². The van der Waals surface area contributed by atoms with Crippen LogP contribution in [0, 0.1) is 54.7 Å². The number of hydrogen-bond donors (Lipinski definition) is 2. The van der Waals surface area contributed by atoms with Gasteiger partial charge in [-0.05, 0) is 37.1 Å². The lowest BCUT2D eigenvalue weighted by molar-refractivity contribution is -0.385. The number of benzene rings is 2. The van der Waals surface area contributed by atoms with E-state index in [-0.39, 0.29) is 44.2 Å². The molecule has 43 heavy (non-hydrogen) atoms. The molecular weight excluding hydrogens is 616 g/mol. The molecule has 12 nitrogen and oxygen atoms in total.